The summed E-state index contributed by atoms with van der Waals surface area (Å²) in [5.41, 5.74) is 2.83. The van der Waals surface area contributed by atoms with Crippen molar-refractivity contribution in [1.82, 2.24) is 13.9 Å². The molecular weight excluding hydrogens is 404 g/mol. The zero-order valence-electron chi connectivity index (χ0n) is 16.3. The fraction of sp³-hybridized carbons (Fsp3) is 0.238. The van der Waals surface area contributed by atoms with Gasteiger partial charge in [0.15, 0.2) is 17.3 Å². The Kier molecular flexibility index (Phi) is 4.39. The van der Waals surface area contributed by atoms with E-state index in [4.69, 9.17) is 14.0 Å². The molecular formula is C21H18N4O4S. The van der Waals surface area contributed by atoms with Gasteiger partial charge in [-0.1, -0.05) is 11.2 Å². The van der Waals surface area contributed by atoms with Crippen LogP contribution in [0.2, 0.25) is 0 Å². The first kappa shape index (κ1) is 18.6. The molecule has 0 atom stereocenters. The highest BCUT2D eigenvalue weighted by atomic mass is 32.1. The van der Waals surface area contributed by atoms with E-state index < -0.39 is 5.41 Å². The summed E-state index contributed by atoms with van der Waals surface area (Å²) in [6.07, 6.45) is 1.42. The van der Waals surface area contributed by atoms with E-state index in [9.17, 15) is 4.79 Å². The Morgan fingerprint density at radius 2 is 1.93 bits per heavy atom. The Hall–Kier alpha value is -3.46. The second-order valence-corrected chi connectivity index (χ2v) is 7.65. The molecule has 8 nitrogen and oxygen atoms in total. The molecule has 0 bridgehead atoms. The van der Waals surface area contributed by atoms with Gasteiger partial charge in [-0.15, -0.1) is 0 Å². The fourth-order valence-electron chi connectivity index (χ4n) is 3.50. The lowest BCUT2D eigenvalue weighted by Crippen LogP contribution is -2.28. The van der Waals surface area contributed by atoms with Crippen molar-refractivity contribution in [2.75, 3.05) is 19.5 Å². The molecule has 1 saturated carbocycles. The van der Waals surface area contributed by atoms with Crippen molar-refractivity contribution >= 4 is 34.4 Å². The number of nitrogens with zero attached hydrogens (tertiary/aromatic N) is 3. The highest BCUT2D eigenvalue weighted by Crippen LogP contribution is 2.49. The first-order chi connectivity index (χ1) is 14.6. The van der Waals surface area contributed by atoms with E-state index in [0.29, 0.717) is 47.0 Å². The van der Waals surface area contributed by atoms with Crippen LogP contribution in [0.5, 0.6) is 11.5 Å². The quantitative estimate of drug-likeness (QED) is 0.501. The topological polar surface area (TPSA) is 99.4 Å². The first-order valence-corrected chi connectivity index (χ1v) is 10.1. The molecule has 0 spiro atoms. The summed E-state index contributed by atoms with van der Waals surface area (Å²) >= 11 is 1.12. The Morgan fingerprint density at radius 3 is 2.70 bits per heavy atom. The van der Waals surface area contributed by atoms with Gasteiger partial charge in [-0.3, -0.25) is 4.79 Å². The average Bonchev–Trinajstić information content (AvgIpc) is 3.20. The minimum absolute atomic E-state index is 0.116. The van der Waals surface area contributed by atoms with Crippen molar-refractivity contribution in [3.63, 3.8) is 0 Å². The number of benzene rings is 2. The highest BCUT2D eigenvalue weighted by Gasteiger charge is 2.54. The van der Waals surface area contributed by atoms with Crippen LogP contribution in [0.1, 0.15) is 18.5 Å². The molecule has 0 saturated heterocycles. The van der Waals surface area contributed by atoms with E-state index in [0.717, 1.165) is 22.8 Å². The molecule has 9 heteroatoms. The van der Waals surface area contributed by atoms with Crippen LogP contribution < -0.4 is 14.8 Å². The van der Waals surface area contributed by atoms with Crippen molar-refractivity contribution in [3.05, 3.63) is 48.2 Å². The molecule has 2 heterocycles. The van der Waals surface area contributed by atoms with E-state index in [1.807, 2.05) is 36.4 Å². The van der Waals surface area contributed by atoms with Crippen LogP contribution in [0.4, 0.5) is 5.69 Å². The molecule has 1 aliphatic carbocycles. The van der Waals surface area contributed by atoms with Crippen LogP contribution in [0.3, 0.4) is 0 Å². The molecule has 1 N–H and O–H groups in total. The number of aromatic nitrogens is 3. The van der Waals surface area contributed by atoms with Crippen molar-refractivity contribution in [2.24, 2.45) is 0 Å². The van der Waals surface area contributed by atoms with Gasteiger partial charge in [0.1, 0.15) is 11.0 Å². The molecule has 0 unspecified atom stereocenters. The predicted octanol–water partition coefficient (Wildman–Crippen LogP) is 4.03. The van der Waals surface area contributed by atoms with E-state index in [1.165, 1.54) is 0 Å². The first-order valence-electron chi connectivity index (χ1n) is 9.37. The summed E-state index contributed by atoms with van der Waals surface area (Å²) in [5.74, 6) is 1.67. The summed E-state index contributed by atoms with van der Waals surface area (Å²) in [5, 5.41) is 7.21. The number of ether oxygens (including phenoxy) is 2. The number of nitrogens with one attached hydrogen (secondary N) is 1. The summed E-state index contributed by atoms with van der Waals surface area (Å²) in [6, 6.07) is 12.9. The number of anilines is 1. The maximum atomic E-state index is 13.1. The third kappa shape index (κ3) is 2.98. The van der Waals surface area contributed by atoms with Crippen LogP contribution in [0.15, 0.2) is 47.0 Å². The van der Waals surface area contributed by atoms with Gasteiger partial charge in [-0.25, -0.2) is 0 Å². The van der Waals surface area contributed by atoms with Crippen LogP contribution >= 0.6 is 11.7 Å². The SMILES string of the molecule is COc1ccc(-c2cc(C3(C(=O)Nc4cccc5nsnc45)CC3)no2)cc1OC. The lowest BCUT2D eigenvalue weighted by atomic mass is 10.00. The largest absolute Gasteiger partial charge is 0.493 e. The minimum Gasteiger partial charge on any atom is -0.493 e. The van der Waals surface area contributed by atoms with E-state index in [2.05, 4.69) is 19.2 Å². The molecule has 0 aliphatic heterocycles. The Balaban J connectivity index is 1.42. The summed E-state index contributed by atoms with van der Waals surface area (Å²) in [4.78, 5) is 13.1. The molecule has 1 aliphatic rings. The fourth-order valence-corrected chi connectivity index (χ4v) is 4.05. The third-order valence-corrected chi connectivity index (χ3v) is 5.93. The van der Waals surface area contributed by atoms with Crippen LogP contribution in [-0.2, 0) is 10.2 Å². The van der Waals surface area contributed by atoms with Gasteiger partial charge in [0.25, 0.3) is 0 Å². The Bertz CT molecular complexity index is 1240. The minimum atomic E-state index is -0.691. The standard InChI is InChI=1S/C21H18N4O4S/c1-27-15-7-6-12(10-17(15)28-2)16-11-18(23-29-16)21(8-9-21)20(26)22-13-4-3-5-14-19(13)25-30-24-14/h3-7,10-11H,8-9H2,1-2H3,(H,22,26). The second kappa shape index (κ2) is 7.10. The number of fused-ring (bicyclic) bond motifs is 1. The van der Waals surface area contributed by atoms with Gasteiger partial charge in [-0.2, -0.15) is 8.75 Å². The number of carbonyl (C=O) groups excluding carboxylic acids is 1. The van der Waals surface area contributed by atoms with Crippen LogP contribution in [0, 0.1) is 0 Å². The summed E-state index contributed by atoms with van der Waals surface area (Å²) < 4.78 is 24.7. The zero-order chi connectivity index (χ0) is 20.7. The number of rotatable bonds is 6. The Labute approximate surface area is 176 Å². The molecule has 5 rings (SSSR count). The number of methoxy groups -OCH3 is 2. The maximum absolute atomic E-state index is 13.1. The molecule has 152 valence electrons. The van der Waals surface area contributed by atoms with E-state index in [1.54, 1.807) is 20.3 Å². The molecule has 4 aromatic rings. The molecule has 30 heavy (non-hydrogen) atoms. The van der Waals surface area contributed by atoms with E-state index in [-0.39, 0.29) is 5.91 Å². The van der Waals surface area contributed by atoms with Crippen molar-refractivity contribution < 1.29 is 18.8 Å². The van der Waals surface area contributed by atoms with Crippen LogP contribution in [-0.4, -0.2) is 34.0 Å². The zero-order valence-corrected chi connectivity index (χ0v) is 17.2. The Morgan fingerprint density at radius 1 is 1.10 bits per heavy atom. The molecule has 2 aromatic heterocycles. The van der Waals surface area contributed by atoms with Gasteiger partial charge in [0, 0.05) is 11.6 Å². The van der Waals surface area contributed by atoms with Crippen molar-refractivity contribution in [3.8, 4) is 22.8 Å². The average molecular weight is 422 g/mol. The predicted molar refractivity (Wildman–Crippen MR) is 112 cm³/mol. The third-order valence-electron chi connectivity index (χ3n) is 5.39. The maximum Gasteiger partial charge on any atom is 0.236 e. The number of carbonyl (C=O) groups is 1. The molecule has 1 amide bonds. The highest BCUT2D eigenvalue weighted by molar-refractivity contribution is 7.00. The number of hydrogen-bond acceptors (Lipinski definition) is 8. The lowest BCUT2D eigenvalue weighted by molar-refractivity contribution is -0.118. The normalized spacial score (nSPS) is 14.5. The molecule has 2 aromatic carbocycles. The molecule has 1 fully saturated rings. The lowest BCUT2D eigenvalue weighted by Gasteiger charge is -2.12. The van der Waals surface area contributed by atoms with Gasteiger partial charge < -0.3 is 19.3 Å². The summed E-state index contributed by atoms with van der Waals surface area (Å²) in [6.45, 7) is 0. The van der Waals surface area contributed by atoms with Gasteiger partial charge >= 0.3 is 0 Å². The van der Waals surface area contributed by atoms with Crippen molar-refractivity contribution in [2.45, 2.75) is 18.3 Å². The monoisotopic (exact) mass is 422 g/mol. The van der Waals surface area contributed by atoms with Crippen LogP contribution in [0.25, 0.3) is 22.4 Å². The smallest absolute Gasteiger partial charge is 0.236 e. The number of hydrogen-bond donors (Lipinski definition) is 1. The van der Waals surface area contributed by atoms with E-state index >= 15 is 0 Å². The molecule has 0 radical (unpaired) electrons. The van der Waals surface area contributed by atoms with Gasteiger partial charge in [0.05, 0.1) is 42.7 Å². The van der Waals surface area contributed by atoms with Gasteiger partial charge in [0.2, 0.25) is 5.91 Å². The second-order valence-electron chi connectivity index (χ2n) is 7.12. The number of amides is 1. The van der Waals surface area contributed by atoms with Crippen molar-refractivity contribution in [1.29, 1.82) is 0 Å². The van der Waals surface area contributed by atoms with Gasteiger partial charge in [-0.05, 0) is 43.2 Å². The summed E-state index contributed by atoms with van der Waals surface area (Å²) in [7, 11) is 3.16.